The lowest BCUT2D eigenvalue weighted by molar-refractivity contribution is -0.138. The van der Waals surface area contributed by atoms with Crippen LogP contribution in [-0.4, -0.2) is 54.1 Å². The molecule has 0 amide bonds. The normalized spacial score (nSPS) is 29.1. The lowest BCUT2D eigenvalue weighted by atomic mass is 9.58. The van der Waals surface area contributed by atoms with Gasteiger partial charge in [-0.05, 0) is 12.8 Å². The second kappa shape index (κ2) is 6.49. The van der Waals surface area contributed by atoms with Gasteiger partial charge in [-0.1, -0.05) is 20.8 Å². The summed E-state index contributed by atoms with van der Waals surface area (Å²) in [7, 11) is -5.29. The molecule has 0 spiro atoms. The molecule has 7 nitrogen and oxygen atoms in total. The van der Waals surface area contributed by atoms with Gasteiger partial charge in [-0.3, -0.25) is 0 Å². The predicted octanol–water partition coefficient (Wildman–Crippen LogP) is -0.0954. The molecular formula is C12H26N2O5S2. The number of nitrogens with one attached hydrogen (secondary N) is 2. The van der Waals surface area contributed by atoms with E-state index in [4.69, 9.17) is 4.74 Å². The first-order chi connectivity index (χ1) is 9.47. The third-order valence-electron chi connectivity index (χ3n) is 4.17. The third-order valence-corrected chi connectivity index (χ3v) is 6.93. The largest absolute Gasteiger partial charge is 0.380 e. The Bertz CT molecular complexity index is 556. The van der Waals surface area contributed by atoms with Gasteiger partial charge in [0.1, 0.15) is 0 Å². The number of ether oxygens (including phenoxy) is 1. The molecular weight excluding hydrogens is 316 g/mol. The molecule has 0 bridgehead atoms. The maximum absolute atomic E-state index is 12.0. The summed E-state index contributed by atoms with van der Waals surface area (Å²) in [6, 6.07) is -0.213. The molecule has 1 aliphatic carbocycles. The molecule has 1 aliphatic rings. The molecule has 3 unspecified atom stereocenters. The van der Waals surface area contributed by atoms with Crippen molar-refractivity contribution in [3.05, 3.63) is 0 Å². The van der Waals surface area contributed by atoms with Crippen LogP contribution in [0, 0.1) is 11.3 Å². The number of hydrogen-bond donors (Lipinski definition) is 2. The summed E-state index contributed by atoms with van der Waals surface area (Å²) in [6.45, 7) is 7.22. The molecule has 2 N–H and O–H groups in total. The monoisotopic (exact) mass is 342 g/mol. The van der Waals surface area contributed by atoms with Crippen LogP contribution in [0.15, 0.2) is 0 Å². The topological polar surface area (TPSA) is 102 Å². The van der Waals surface area contributed by atoms with E-state index in [9.17, 15) is 16.8 Å². The maximum Gasteiger partial charge on any atom is 0.213 e. The van der Waals surface area contributed by atoms with Gasteiger partial charge < -0.3 is 4.74 Å². The lowest BCUT2D eigenvalue weighted by Crippen LogP contribution is -2.68. The van der Waals surface area contributed by atoms with Crippen molar-refractivity contribution in [1.82, 2.24) is 9.44 Å². The van der Waals surface area contributed by atoms with Crippen molar-refractivity contribution in [2.45, 2.75) is 39.8 Å². The van der Waals surface area contributed by atoms with E-state index in [1.807, 2.05) is 20.8 Å². The first-order valence-corrected chi connectivity index (χ1v) is 10.3. The highest BCUT2D eigenvalue weighted by Crippen LogP contribution is 2.47. The van der Waals surface area contributed by atoms with E-state index in [1.165, 1.54) is 6.92 Å². The van der Waals surface area contributed by atoms with Crippen LogP contribution in [0.4, 0.5) is 0 Å². The Balaban J connectivity index is 2.58. The highest BCUT2D eigenvalue weighted by atomic mass is 32.2. The highest BCUT2D eigenvalue weighted by Gasteiger charge is 2.55. The summed E-state index contributed by atoms with van der Waals surface area (Å²) in [5, 5.41) is 0. The van der Waals surface area contributed by atoms with Crippen molar-refractivity contribution in [2.24, 2.45) is 11.3 Å². The van der Waals surface area contributed by atoms with Crippen LogP contribution in [0.25, 0.3) is 0 Å². The summed E-state index contributed by atoms with van der Waals surface area (Å²) >= 11 is 0. The smallest absolute Gasteiger partial charge is 0.213 e. The molecule has 1 saturated carbocycles. The van der Waals surface area contributed by atoms with Gasteiger partial charge in [-0.15, -0.1) is 0 Å². The molecule has 0 radical (unpaired) electrons. The van der Waals surface area contributed by atoms with Gasteiger partial charge in [-0.2, -0.15) is 0 Å². The zero-order valence-electron chi connectivity index (χ0n) is 13.2. The molecule has 0 aliphatic heterocycles. The van der Waals surface area contributed by atoms with Gasteiger partial charge in [-0.25, -0.2) is 26.3 Å². The zero-order valence-corrected chi connectivity index (χ0v) is 14.8. The van der Waals surface area contributed by atoms with Crippen LogP contribution in [0.3, 0.4) is 0 Å². The Morgan fingerprint density at radius 1 is 1.14 bits per heavy atom. The number of hydrogen-bond acceptors (Lipinski definition) is 5. The second-order valence-electron chi connectivity index (χ2n) is 6.05. The van der Waals surface area contributed by atoms with Gasteiger partial charge in [0, 0.05) is 25.1 Å². The van der Waals surface area contributed by atoms with Gasteiger partial charge in [0.05, 0.1) is 17.6 Å². The van der Waals surface area contributed by atoms with Crippen LogP contribution in [0.5, 0.6) is 0 Å². The first kappa shape index (κ1) is 18.8. The molecule has 3 atom stereocenters. The second-order valence-corrected chi connectivity index (χ2v) is 10.0. The van der Waals surface area contributed by atoms with Crippen molar-refractivity contribution in [1.29, 1.82) is 0 Å². The van der Waals surface area contributed by atoms with Crippen LogP contribution in [-0.2, 0) is 24.8 Å². The van der Waals surface area contributed by atoms with E-state index >= 15 is 0 Å². The standard InChI is InChI=1S/C12H26N2O5S2/c1-6-20(15,16)13-7-8-21(17,18)14-10-9(2)11(19-5)12(10,3)4/h9-11,13-14H,6-8H2,1-5H3. The Hall–Kier alpha value is -0.220. The average molecular weight is 342 g/mol. The van der Waals surface area contributed by atoms with E-state index in [1.54, 1.807) is 7.11 Å². The minimum Gasteiger partial charge on any atom is -0.380 e. The number of sulfonamides is 2. The third kappa shape index (κ3) is 4.38. The Kier molecular flexibility index (Phi) is 5.82. The van der Waals surface area contributed by atoms with E-state index < -0.39 is 20.0 Å². The Morgan fingerprint density at radius 3 is 2.14 bits per heavy atom. The summed E-state index contributed by atoms with van der Waals surface area (Å²) in [5.41, 5.74) is -0.288. The van der Waals surface area contributed by atoms with Crippen molar-refractivity contribution in [3.63, 3.8) is 0 Å². The van der Waals surface area contributed by atoms with E-state index in [0.29, 0.717) is 0 Å². The summed E-state index contributed by atoms with van der Waals surface area (Å²) < 4.78 is 56.9. The van der Waals surface area contributed by atoms with Crippen LogP contribution in [0.1, 0.15) is 27.7 Å². The summed E-state index contributed by atoms with van der Waals surface area (Å²) in [5.74, 6) is -0.265. The molecule has 1 fully saturated rings. The molecule has 0 aromatic rings. The average Bonchev–Trinajstić information content (AvgIpc) is 2.36. The highest BCUT2D eigenvalue weighted by molar-refractivity contribution is 7.90. The number of methoxy groups -OCH3 is 1. The van der Waals surface area contributed by atoms with Gasteiger partial charge in [0.25, 0.3) is 0 Å². The van der Waals surface area contributed by atoms with E-state index in [-0.39, 0.29) is 41.5 Å². The minimum absolute atomic E-state index is 0.00351. The maximum atomic E-state index is 12.0. The van der Waals surface area contributed by atoms with Gasteiger partial charge in [0.2, 0.25) is 20.0 Å². The lowest BCUT2D eigenvalue weighted by Gasteiger charge is -2.56. The van der Waals surface area contributed by atoms with Crippen LogP contribution < -0.4 is 9.44 Å². The van der Waals surface area contributed by atoms with E-state index in [2.05, 4.69) is 9.44 Å². The first-order valence-electron chi connectivity index (χ1n) is 6.97. The predicted molar refractivity (Wildman–Crippen MR) is 81.9 cm³/mol. The van der Waals surface area contributed by atoms with Crippen molar-refractivity contribution in [3.8, 4) is 0 Å². The van der Waals surface area contributed by atoms with Crippen molar-refractivity contribution >= 4 is 20.0 Å². The molecule has 126 valence electrons. The molecule has 0 saturated heterocycles. The Labute approximate surface area is 127 Å². The molecule has 21 heavy (non-hydrogen) atoms. The van der Waals surface area contributed by atoms with Crippen LogP contribution >= 0.6 is 0 Å². The number of rotatable bonds is 8. The molecule has 0 heterocycles. The fraction of sp³-hybridized carbons (Fsp3) is 1.00. The molecule has 1 rings (SSSR count). The SMILES string of the molecule is CCS(=O)(=O)NCCS(=O)(=O)NC1C(C)C(OC)C1(C)C. The van der Waals surface area contributed by atoms with E-state index in [0.717, 1.165) is 0 Å². The van der Waals surface area contributed by atoms with Crippen molar-refractivity contribution < 1.29 is 21.6 Å². The molecule has 0 aromatic heterocycles. The Morgan fingerprint density at radius 2 is 1.71 bits per heavy atom. The quantitative estimate of drug-likeness (QED) is 0.642. The van der Waals surface area contributed by atoms with Crippen LogP contribution in [0.2, 0.25) is 0 Å². The molecule has 9 heteroatoms. The zero-order chi connectivity index (χ0) is 16.5. The summed E-state index contributed by atoms with van der Waals surface area (Å²) in [6.07, 6.45) is 0.00351. The van der Waals surface area contributed by atoms with Gasteiger partial charge in [0.15, 0.2) is 0 Å². The minimum atomic E-state index is -3.54. The van der Waals surface area contributed by atoms with Gasteiger partial charge >= 0.3 is 0 Å². The fourth-order valence-corrected chi connectivity index (χ4v) is 5.19. The fourth-order valence-electron chi connectivity index (χ4n) is 3.05. The van der Waals surface area contributed by atoms with Crippen molar-refractivity contribution in [2.75, 3.05) is 25.2 Å². The molecule has 0 aromatic carbocycles. The summed E-state index contributed by atoms with van der Waals surface area (Å²) in [4.78, 5) is 0.